The lowest BCUT2D eigenvalue weighted by Crippen LogP contribution is -2.18. The lowest BCUT2D eigenvalue weighted by Gasteiger charge is -2.13. The van der Waals surface area contributed by atoms with Crippen molar-refractivity contribution in [2.45, 2.75) is 20.0 Å². The number of methoxy groups -OCH3 is 1. The summed E-state index contributed by atoms with van der Waals surface area (Å²) in [5.74, 6) is 1.85. The second-order valence-electron chi connectivity index (χ2n) is 5.58. The standard InChI is InChI=1S/C17H19FN4O2/c1-11-15(9-22(2)10-16-19-6-7-20-16)21-17(24-11)13-5-4-12(23-3)8-14(13)18/h4-8H,9-10H2,1-3H3,(H,19,20). The fraction of sp³-hybridized carbons (Fsp3) is 0.294. The molecule has 0 aliphatic carbocycles. The van der Waals surface area contributed by atoms with Gasteiger partial charge in [0.2, 0.25) is 5.89 Å². The summed E-state index contributed by atoms with van der Waals surface area (Å²) in [5.41, 5.74) is 1.09. The maximum atomic E-state index is 14.2. The maximum Gasteiger partial charge on any atom is 0.229 e. The van der Waals surface area contributed by atoms with Gasteiger partial charge in [0.1, 0.15) is 23.2 Å². The lowest BCUT2D eigenvalue weighted by atomic mass is 10.2. The Labute approximate surface area is 139 Å². The fourth-order valence-corrected chi connectivity index (χ4v) is 2.44. The van der Waals surface area contributed by atoms with Crippen LogP contribution < -0.4 is 4.74 Å². The van der Waals surface area contributed by atoms with Crippen molar-refractivity contribution < 1.29 is 13.5 Å². The molecule has 1 aromatic carbocycles. The molecule has 1 N–H and O–H groups in total. The summed E-state index contributed by atoms with van der Waals surface area (Å²) >= 11 is 0. The van der Waals surface area contributed by atoms with Crippen LogP contribution in [0.25, 0.3) is 11.5 Å². The summed E-state index contributed by atoms with van der Waals surface area (Å²) in [7, 11) is 3.46. The van der Waals surface area contributed by atoms with Gasteiger partial charge in [-0.05, 0) is 26.1 Å². The summed E-state index contributed by atoms with van der Waals surface area (Å²) in [6.45, 7) is 3.06. The molecule has 6 nitrogen and oxygen atoms in total. The number of aromatic amines is 1. The number of nitrogens with one attached hydrogen (secondary N) is 1. The van der Waals surface area contributed by atoms with Crippen molar-refractivity contribution in [1.29, 1.82) is 0 Å². The molecule has 3 aromatic rings. The minimum atomic E-state index is -0.425. The Balaban J connectivity index is 1.77. The Morgan fingerprint density at radius 3 is 2.83 bits per heavy atom. The van der Waals surface area contributed by atoms with E-state index in [0.717, 1.165) is 11.5 Å². The highest BCUT2D eigenvalue weighted by molar-refractivity contribution is 5.56. The van der Waals surface area contributed by atoms with Gasteiger partial charge in [-0.1, -0.05) is 0 Å². The van der Waals surface area contributed by atoms with Gasteiger partial charge < -0.3 is 14.1 Å². The first-order valence-electron chi connectivity index (χ1n) is 7.54. The molecule has 7 heteroatoms. The van der Waals surface area contributed by atoms with E-state index in [2.05, 4.69) is 19.9 Å². The molecule has 0 aliphatic heterocycles. The van der Waals surface area contributed by atoms with Crippen molar-refractivity contribution in [3.8, 4) is 17.2 Å². The summed E-state index contributed by atoms with van der Waals surface area (Å²) in [6, 6.07) is 4.61. The van der Waals surface area contributed by atoms with Crippen LogP contribution in [-0.2, 0) is 13.1 Å². The molecule has 0 spiro atoms. The third-order valence-electron chi connectivity index (χ3n) is 3.69. The molecule has 126 valence electrons. The van der Waals surface area contributed by atoms with Gasteiger partial charge in [0, 0.05) is 25.0 Å². The van der Waals surface area contributed by atoms with Crippen LogP contribution in [0.5, 0.6) is 5.75 Å². The van der Waals surface area contributed by atoms with Crippen LogP contribution in [-0.4, -0.2) is 34.0 Å². The van der Waals surface area contributed by atoms with Crippen molar-refractivity contribution in [2.24, 2.45) is 0 Å². The van der Waals surface area contributed by atoms with Gasteiger partial charge in [-0.25, -0.2) is 14.4 Å². The SMILES string of the molecule is COc1ccc(-c2nc(CN(C)Cc3ncc[nH]3)c(C)o2)c(F)c1. The molecular formula is C17H19FN4O2. The van der Waals surface area contributed by atoms with Gasteiger partial charge in [-0.15, -0.1) is 0 Å². The minimum Gasteiger partial charge on any atom is -0.497 e. The number of H-pyrrole nitrogens is 1. The van der Waals surface area contributed by atoms with E-state index in [0.29, 0.717) is 30.2 Å². The van der Waals surface area contributed by atoms with Crippen molar-refractivity contribution >= 4 is 0 Å². The molecule has 0 fully saturated rings. The average Bonchev–Trinajstić information content (AvgIpc) is 3.17. The highest BCUT2D eigenvalue weighted by atomic mass is 19.1. The van der Waals surface area contributed by atoms with Crippen LogP contribution in [0.15, 0.2) is 35.0 Å². The number of hydrogen-bond acceptors (Lipinski definition) is 5. The Morgan fingerprint density at radius 1 is 1.33 bits per heavy atom. The summed E-state index contributed by atoms with van der Waals surface area (Å²) in [5, 5.41) is 0. The first kappa shape index (κ1) is 16.2. The van der Waals surface area contributed by atoms with E-state index in [9.17, 15) is 4.39 Å². The number of ether oxygens (including phenoxy) is 1. The zero-order valence-electron chi connectivity index (χ0n) is 13.8. The monoisotopic (exact) mass is 330 g/mol. The fourth-order valence-electron chi connectivity index (χ4n) is 2.44. The quantitative estimate of drug-likeness (QED) is 0.752. The van der Waals surface area contributed by atoms with E-state index in [-0.39, 0.29) is 5.89 Å². The number of imidazole rings is 1. The van der Waals surface area contributed by atoms with Crippen LogP contribution in [0.1, 0.15) is 17.3 Å². The number of hydrogen-bond donors (Lipinski definition) is 1. The van der Waals surface area contributed by atoms with Gasteiger partial charge in [0.25, 0.3) is 0 Å². The first-order chi connectivity index (χ1) is 11.6. The molecule has 0 saturated heterocycles. The van der Waals surface area contributed by atoms with Crippen molar-refractivity contribution in [3.05, 3.63) is 53.7 Å². The van der Waals surface area contributed by atoms with Gasteiger partial charge in [0.05, 0.1) is 24.9 Å². The number of aryl methyl sites for hydroxylation is 1. The molecule has 0 unspecified atom stereocenters. The van der Waals surface area contributed by atoms with E-state index in [1.807, 2.05) is 14.0 Å². The highest BCUT2D eigenvalue weighted by Crippen LogP contribution is 2.27. The van der Waals surface area contributed by atoms with Gasteiger partial charge >= 0.3 is 0 Å². The number of rotatable bonds is 6. The summed E-state index contributed by atoms with van der Waals surface area (Å²) in [6.07, 6.45) is 3.50. The molecule has 0 aliphatic rings. The second kappa shape index (κ2) is 6.84. The lowest BCUT2D eigenvalue weighted by molar-refractivity contribution is 0.306. The molecular weight excluding hydrogens is 311 g/mol. The highest BCUT2D eigenvalue weighted by Gasteiger charge is 2.17. The predicted molar refractivity (Wildman–Crippen MR) is 86.9 cm³/mol. The van der Waals surface area contributed by atoms with Crippen molar-refractivity contribution in [3.63, 3.8) is 0 Å². The van der Waals surface area contributed by atoms with Gasteiger partial charge in [-0.2, -0.15) is 0 Å². The number of aromatic nitrogens is 3. The average molecular weight is 330 g/mol. The summed E-state index contributed by atoms with van der Waals surface area (Å²) < 4.78 is 24.8. The normalized spacial score (nSPS) is 11.2. The molecule has 0 atom stereocenters. The molecule has 2 aromatic heterocycles. The van der Waals surface area contributed by atoms with E-state index in [1.165, 1.54) is 13.2 Å². The van der Waals surface area contributed by atoms with Crippen molar-refractivity contribution in [2.75, 3.05) is 14.2 Å². The number of oxazole rings is 1. The van der Waals surface area contributed by atoms with Gasteiger partial charge in [-0.3, -0.25) is 4.90 Å². The van der Waals surface area contributed by atoms with E-state index >= 15 is 0 Å². The third-order valence-corrected chi connectivity index (χ3v) is 3.69. The Morgan fingerprint density at radius 2 is 2.17 bits per heavy atom. The van der Waals surface area contributed by atoms with Crippen LogP contribution in [0.3, 0.4) is 0 Å². The summed E-state index contributed by atoms with van der Waals surface area (Å²) in [4.78, 5) is 13.8. The molecule has 0 bridgehead atoms. The molecule has 3 rings (SSSR count). The largest absolute Gasteiger partial charge is 0.497 e. The first-order valence-corrected chi connectivity index (χ1v) is 7.54. The Bertz CT molecular complexity index is 814. The number of nitrogens with zero attached hydrogens (tertiary/aromatic N) is 3. The van der Waals surface area contributed by atoms with Crippen molar-refractivity contribution in [1.82, 2.24) is 19.9 Å². The second-order valence-corrected chi connectivity index (χ2v) is 5.58. The molecule has 2 heterocycles. The molecule has 0 radical (unpaired) electrons. The van der Waals surface area contributed by atoms with E-state index in [4.69, 9.17) is 9.15 Å². The Kier molecular flexibility index (Phi) is 4.61. The van der Waals surface area contributed by atoms with E-state index < -0.39 is 5.82 Å². The molecule has 0 saturated carbocycles. The Hall–Kier alpha value is -2.67. The number of halogens is 1. The zero-order chi connectivity index (χ0) is 17.1. The predicted octanol–water partition coefficient (Wildman–Crippen LogP) is 3.15. The smallest absolute Gasteiger partial charge is 0.229 e. The topological polar surface area (TPSA) is 67.2 Å². The van der Waals surface area contributed by atoms with Crippen LogP contribution in [0.4, 0.5) is 4.39 Å². The van der Waals surface area contributed by atoms with Crippen LogP contribution >= 0.6 is 0 Å². The zero-order valence-corrected chi connectivity index (χ0v) is 13.8. The van der Waals surface area contributed by atoms with E-state index in [1.54, 1.807) is 24.5 Å². The van der Waals surface area contributed by atoms with Crippen LogP contribution in [0.2, 0.25) is 0 Å². The molecule has 24 heavy (non-hydrogen) atoms. The number of benzene rings is 1. The van der Waals surface area contributed by atoms with Crippen LogP contribution in [0, 0.1) is 12.7 Å². The third kappa shape index (κ3) is 3.46. The van der Waals surface area contributed by atoms with Gasteiger partial charge in [0.15, 0.2) is 0 Å². The minimum absolute atomic E-state index is 0.272. The molecule has 0 amide bonds. The maximum absolute atomic E-state index is 14.2.